The van der Waals surface area contributed by atoms with Crippen molar-refractivity contribution in [2.24, 2.45) is 13.0 Å². The Hall–Kier alpha value is -2.26. The molecule has 0 spiro atoms. The summed E-state index contributed by atoms with van der Waals surface area (Å²) in [5.74, 6) is -0.0503. The van der Waals surface area contributed by atoms with E-state index >= 15 is 0 Å². The van der Waals surface area contributed by atoms with Crippen molar-refractivity contribution in [1.29, 1.82) is 0 Å². The Morgan fingerprint density at radius 3 is 2.64 bits per heavy atom. The van der Waals surface area contributed by atoms with Crippen LogP contribution in [-0.4, -0.2) is 41.6 Å². The van der Waals surface area contributed by atoms with E-state index in [0.717, 1.165) is 17.7 Å². The minimum Gasteiger partial charge on any atom is -0.484 e. The van der Waals surface area contributed by atoms with Crippen LogP contribution in [0.15, 0.2) is 36.7 Å². The Morgan fingerprint density at radius 2 is 2.04 bits per heavy atom. The summed E-state index contributed by atoms with van der Waals surface area (Å²) < 4.78 is 42.8. The predicted octanol–water partition coefficient (Wildman–Crippen LogP) is 2.40. The Labute approximate surface area is 166 Å². The predicted molar refractivity (Wildman–Crippen MR) is 99.4 cm³/mol. The van der Waals surface area contributed by atoms with Gasteiger partial charge in [0.25, 0.3) is 0 Å². The summed E-state index contributed by atoms with van der Waals surface area (Å²) in [5, 5.41) is 10.3. The lowest BCUT2D eigenvalue weighted by molar-refractivity contribution is -0.153. The highest BCUT2D eigenvalue weighted by atomic mass is 35.5. The molecule has 1 aliphatic heterocycles. The number of hydrogen-bond donors (Lipinski definition) is 2. The molecule has 0 saturated carbocycles. The molecule has 1 fully saturated rings. The zero-order valence-corrected chi connectivity index (χ0v) is 16.0. The summed E-state index contributed by atoms with van der Waals surface area (Å²) in [6.07, 6.45) is -0.679. The van der Waals surface area contributed by atoms with Crippen LogP contribution < -0.4 is 15.4 Å². The molecular weight excluding hydrogens is 397 g/mol. The summed E-state index contributed by atoms with van der Waals surface area (Å²) in [6, 6.07) is 6.20. The summed E-state index contributed by atoms with van der Waals surface area (Å²) in [4.78, 5) is 12.6. The van der Waals surface area contributed by atoms with Gasteiger partial charge in [-0.05, 0) is 23.3 Å². The Bertz CT molecular complexity index is 780. The number of aromatic nitrogens is 2. The Morgan fingerprint density at radius 1 is 1.32 bits per heavy atom. The van der Waals surface area contributed by atoms with Crippen LogP contribution in [0.4, 0.5) is 13.2 Å². The zero-order chi connectivity index (χ0) is 19.4. The molecule has 154 valence electrons. The molecule has 0 bridgehead atoms. The first kappa shape index (κ1) is 22.0. The molecule has 0 aliphatic carbocycles. The van der Waals surface area contributed by atoms with Crippen molar-refractivity contribution >= 4 is 18.3 Å². The van der Waals surface area contributed by atoms with Crippen molar-refractivity contribution in [3.63, 3.8) is 0 Å². The molecule has 0 radical (unpaired) electrons. The highest BCUT2D eigenvalue weighted by molar-refractivity contribution is 5.85. The maximum absolute atomic E-state index is 12.6. The first-order valence-electron chi connectivity index (χ1n) is 8.57. The third-order valence-corrected chi connectivity index (χ3v) is 4.50. The summed E-state index contributed by atoms with van der Waals surface area (Å²) in [5.41, 5.74) is 1.81. The van der Waals surface area contributed by atoms with Gasteiger partial charge in [0.2, 0.25) is 5.91 Å². The number of ether oxygens (including phenoxy) is 1. The summed E-state index contributed by atoms with van der Waals surface area (Å²) in [6.45, 7) is 0.284. The van der Waals surface area contributed by atoms with Gasteiger partial charge in [-0.2, -0.15) is 18.3 Å². The standard InChI is InChI=1S/C18H21F3N4O2.ClH/c1-25-10-13(7-24-25)15-8-22-9-16(15)17(26)23-6-12-2-4-14(5-3-12)27-11-18(19,20)21;/h2-5,7,10,15-16,22H,6,8-9,11H2,1H3,(H,23,26);1H/t15-,16+;/m1./s1. The number of carbonyl (C=O) groups is 1. The van der Waals surface area contributed by atoms with Gasteiger partial charge in [-0.3, -0.25) is 9.48 Å². The lowest BCUT2D eigenvalue weighted by Crippen LogP contribution is -2.33. The maximum atomic E-state index is 12.6. The van der Waals surface area contributed by atoms with E-state index in [-0.39, 0.29) is 35.9 Å². The van der Waals surface area contributed by atoms with Crippen LogP contribution in [0.1, 0.15) is 17.0 Å². The van der Waals surface area contributed by atoms with Gasteiger partial charge in [0, 0.05) is 38.8 Å². The van der Waals surface area contributed by atoms with E-state index in [1.807, 2.05) is 13.2 Å². The molecule has 28 heavy (non-hydrogen) atoms. The second-order valence-electron chi connectivity index (χ2n) is 6.58. The largest absolute Gasteiger partial charge is 0.484 e. The molecule has 0 unspecified atom stereocenters. The number of amides is 1. The van der Waals surface area contributed by atoms with Gasteiger partial charge in [0.15, 0.2) is 6.61 Å². The maximum Gasteiger partial charge on any atom is 0.422 e. The van der Waals surface area contributed by atoms with Crippen LogP contribution in [0.3, 0.4) is 0 Å². The van der Waals surface area contributed by atoms with E-state index < -0.39 is 12.8 Å². The molecule has 2 N–H and O–H groups in total. The fraction of sp³-hybridized carbons (Fsp3) is 0.444. The first-order chi connectivity index (χ1) is 12.8. The number of nitrogens with zero attached hydrogens (tertiary/aromatic N) is 2. The van der Waals surface area contributed by atoms with Crippen molar-refractivity contribution in [2.45, 2.75) is 18.6 Å². The average Bonchev–Trinajstić information content (AvgIpc) is 3.26. The van der Waals surface area contributed by atoms with Crippen LogP contribution >= 0.6 is 12.4 Å². The van der Waals surface area contributed by atoms with E-state index in [1.54, 1.807) is 23.0 Å². The molecule has 10 heteroatoms. The molecule has 1 aromatic heterocycles. The third-order valence-electron chi connectivity index (χ3n) is 4.50. The Kier molecular flexibility index (Phi) is 7.31. The van der Waals surface area contributed by atoms with Crippen molar-refractivity contribution in [1.82, 2.24) is 20.4 Å². The number of hydrogen-bond acceptors (Lipinski definition) is 4. The monoisotopic (exact) mass is 418 g/mol. The van der Waals surface area contributed by atoms with Crippen molar-refractivity contribution in [3.8, 4) is 5.75 Å². The molecule has 6 nitrogen and oxygen atoms in total. The van der Waals surface area contributed by atoms with Gasteiger partial charge in [-0.1, -0.05) is 12.1 Å². The van der Waals surface area contributed by atoms with Crippen LogP contribution in [0.5, 0.6) is 5.75 Å². The van der Waals surface area contributed by atoms with Gasteiger partial charge in [-0.15, -0.1) is 12.4 Å². The highest BCUT2D eigenvalue weighted by Crippen LogP contribution is 2.28. The smallest absolute Gasteiger partial charge is 0.422 e. The zero-order valence-electron chi connectivity index (χ0n) is 15.2. The molecule has 1 saturated heterocycles. The molecule has 1 aliphatic rings. The molecule has 1 amide bonds. The second kappa shape index (κ2) is 9.29. The minimum absolute atomic E-state index is 0. The lowest BCUT2D eigenvalue weighted by Gasteiger charge is -2.17. The average molecular weight is 419 g/mol. The number of benzene rings is 1. The minimum atomic E-state index is -4.37. The summed E-state index contributed by atoms with van der Waals surface area (Å²) >= 11 is 0. The fourth-order valence-corrected chi connectivity index (χ4v) is 3.13. The SMILES string of the molecule is Cl.Cn1cc([C@H]2CNC[C@@H]2C(=O)NCc2ccc(OCC(F)(F)F)cc2)cn1. The number of rotatable bonds is 6. The first-order valence-corrected chi connectivity index (χ1v) is 8.57. The van der Waals surface area contributed by atoms with Crippen molar-refractivity contribution in [3.05, 3.63) is 47.8 Å². The van der Waals surface area contributed by atoms with E-state index in [4.69, 9.17) is 0 Å². The molecule has 2 aromatic rings. The third kappa shape index (κ3) is 5.87. The topological polar surface area (TPSA) is 68.2 Å². The molecule has 2 atom stereocenters. The second-order valence-corrected chi connectivity index (χ2v) is 6.58. The normalized spacial score (nSPS) is 19.1. The molecule has 2 heterocycles. The number of alkyl halides is 3. The number of halogens is 4. The molecular formula is C18H22ClF3N4O2. The van der Waals surface area contributed by atoms with Crippen LogP contribution in [0.2, 0.25) is 0 Å². The van der Waals surface area contributed by atoms with Crippen molar-refractivity contribution < 1.29 is 22.7 Å². The van der Waals surface area contributed by atoms with Gasteiger partial charge >= 0.3 is 6.18 Å². The van der Waals surface area contributed by atoms with Crippen LogP contribution in [0.25, 0.3) is 0 Å². The van der Waals surface area contributed by atoms with E-state index in [2.05, 4.69) is 20.5 Å². The Balaban J connectivity index is 0.00000280. The van der Waals surface area contributed by atoms with Gasteiger partial charge < -0.3 is 15.4 Å². The quantitative estimate of drug-likeness (QED) is 0.756. The number of carbonyl (C=O) groups excluding carboxylic acids is 1. The van der Waals surface area contributed by atoms with Crippen molar-refractivity contribution in [2.75, 3.05) is 19.7 Å². The molecule has 1 aromatic carbocycles. The van der Waals surface area contributed by atoms with E-state index in [9.17, 15) is 18.0 Å². The highest BCUT2D eigenvalue weighted by Gasteiger charge is 2.34. The number of aryl methyl sites for hydroxylation is 1. The fourth-order valence-electron chi connectivity index (χ4n) is 3.13. The van der Waals surface area contributed by atoms with Gasteiger partial charge in [0.05, 0.1) is 12.1 Å². The summed E-state index contributed by atoms with van der Waals surface area (Å²) in [7, 11) is 1.84. The molecule has 3 rings (SSSR count). The number of nitrogens with one attached hydrogen (secondary N) is 2. The van der Waals surface area contributed by atoms with Gasteiger partial charge in [-0.25, -0.2) is 0 Å². The van der Waals surface area contributed by atoms with Crippen LogP contribution in [-0.2, 0) is 18.4 Å². The lowest BCUT2D eigenvalue weighted by atomic mass is 9.90. The van der Waals surface area contributed by atoms with E-state index in [0.29, 0.717) is 13.1 Å². The van der Waals surface area contributed by atoms with Gasteiger partial charge in [0.1, 0.15) is 5.75 Å². The van der Waals surface area contributed by atoms with E-state index in [1.165, 1.54) is 12.1 Å². The van der Waals surface area contributed by atoms with Crippen LogP contribution in [0, 0.1) is 5.92 Å².